The second-order valence-corrected chi connectivity index (χ2v) is 6.57. The molecule has 1 aromatic heterocycles. The Morgan fingerprint density at radius 1 is 0.963 bits per heavy atom. The Morgan fingerprint density at radius 3 is 2.22 bits per heavy atom. The second kappa shape index (κ2) is 6.83. The molecule has 0 saturated heterocycles. The molecule has 1 heterocycles. The van der Waals surface area contributed by atoms with Crippen LogP contribution in [0.2, 0.25) is 0 Å². The summed E-state index contributed by atoms with van der Waals surface area (Å²) in [6, 6.07) is 2.34. The Kier molecular flexibility index (Phi) is 4.70. The van der Waals surface area contributed by atoms with E-state index in [0.29, 0.717) is 11.0 Å². The van der Waals surface area contributed by atoms with Gasteiger partial charge in [-0.1, -0.05) is 9.39 Å². The van der Waals surface area contributed by atoms with Gasteiger partial charge in [0.15, 0.2) is 23.2 Å². The summed E-state index contributed by atoms with van der Waals surface area (Å²) in [5.41, 5.74) is 3.64. The van der Waals surface area contributed by atoms with Crippen molar-refractivity contribution in [3.63, 3.8) is 0 Å². The number of aromatic nitrogens is 3. The number of ether oxygens (including phenoxy) is 1. The predicted molar refractivity (Wildman–Crippen MR) is 85.4 cm³/mol. The summed E-state index contributed by atoms with van der Waals surface area (Å²) >= 11 is 0. The zero-order chi connectivity index (χ0) is 19.9. The minimum absolute atomic E-state index is 0.388. The van der Waals surface area contributed by atoms with E-state index in [-0.39, 0.29) is 5.88 Å². The fraction of sp³-hybridized carbons (Fsp3) is 0. The molecular weight excluding hydrogens is 400 g/mol. The van der Waals surface area contributed by atoms with E-state index in [4.69, 9.17) is 16.3 Å². The highest BCUT2D eigenvalue weighted by atomic mass is 32.2. The topological polar surface area (TPSA) is 97.8 Å². The fourth-order valence-electron chi connectivity index (χ4n) is 2.05. The number of nitrogens with zero attached hydrogens (tertiary/aromatic N) is 1. The summed E-state index contributed by atoms with van der Waals surface area (Å²) < 4.78 is 89.9. The number of hydrogen-bond donors (Lipinski definition) is 4. The largest absolute Gasteiger partial charge is 0.432 e. The molecule has 0 saturated carbocycles. The first-order valence-electron chi connectivity index (χ1n) is 6.96. The predicted octanol–water partition coefficient (Wildman–Crippen LogP) is 3.93. The molecule has 13 heteroatoms. The molecule has 0 radical (unpaired) electrons. The van der Waals surface area contributed by atoms with Crippen LogP contribution in [0.25, 0.3) is 4.90 Å². The molecular formula is C14H10F6N5OS+. The fourth-order valence-corrected chi connectivity index (χ4v) is 3.45. The van der Waals surface area contributed by atoms with E-state index in [9.17, 15) is 26.3 Å². The lowest BCUT2D eigenvalue weighted by atomic mass is 10.2. The van der Waals surface area contributed by atoms with E-state index in [1.165, 1.54) is 0 Å². The first kappa shape index (κ1) is 18.6. The number of nitrogens with two attached hydrogens (primary N) is 2. The lowest BCUT2D eigenvalue weighted by Crippen LogP contribution is -2.17. The van der Waals surface area contributed by atoms with Crippen molar-refractivity contribution in [3.8, 4) is 16.5 Å². The molecule has 0 aliphatic heterocycles. The van der Waals surface area contributed by atoms with Gasteiger partial charge in [-0.15, -0.1) is 0 Å². The summed E-state index contributed by atoms with van der Waals surface area (Å²) in [6.45, 7) is 0. The molecule has 0 spiro atoms. The number of benzene rings is 2. The Balaban J connectivity index is 2.14. The van der Waals surface area contributed by atoms with Crippen LogP contribution in [0.4, 0.5) is 32.0 Å². The van der Waals surface area contributed by atoms with Crippen molar-refractivity contribution in [2.45, 2.75) is 0 Å². The van der Waals surface area contributed by atoms with Gasteiger partial charge in [-0.25, -0.2) is 22.7 Å². The lowest BCUT2D eigenvalue weighted by molar-refractivity contribution is 0.408. The summed E-state index contributed by atoms with van der Waals surface area (Å²) in [5, 5.41) is 3.23. The Bertz CT molecular complexity index is 1040. The van der Waals surface area contributed by atoms with Crippen LogP contribution in [-0.2, 0) is 0 Å². The van der Waals surface area contributed by atoms with Gasteiger partial charge in [0.25, 0.3) is 10.8 Å². The van der Waals surface area contributed by atoms with E-state index in [0.717, 1.165) is 17.5 Å². The normalized spacial score (nSPS) is 11.6. The Labute approximate surface area is 149 Å². The van der Waals surface area contributed by atoms with Gasteiger partial charge in [0.1, 0.15) is 22.2 Å². The maximum atomic E-state index is 14.1. The lowest BCUT2D eigenvalue weighted by Gasteiger charge is -2.08. The summed E-state index contributed by atoms with van der Waals surface area (Å²) in [5.74, 6) is -4.32. The molecule has 0 aliphatic carbocycles. The molecule has 0 amide bonds. The number of nitrogens with one attached hydrogen (secondary N) is 2. The van der Waals surface area contributed by atoms with Gasteiger partial charge in [-0.05, 0) is 12.1 Å². The maximum Gasteiger partial charge on any atom is 0.279 e. The van der Waals surface area contributed by atoms with E-state index in [2.05, 4.69) is 9.59 Å². The van der Waals surface area contributed by atoms with E-state index < -0.39 is 61.9 Å². The quantitative estimate of drug-likeness (QED) is 0.173. The highest BCUT2D eigenvalue weighted by Gasteiger charge is 2.32. The number of anilines is 1. The summed E-state index contributed by atoms with van der Waals surface area (Å²) in [7, 11) is -1.91. The minimum Gasteiger partial charge on any atom is -0.432 e. The zero-order valence-electron chi connectivity index (χ0n) is 13.0. The van der Waals surface area contributed by atoms with Gasteiger partial charge in [0.05, 0.1) is 0 Å². The molecule has 0 bridgehead atoms. The standard InChI is InChI=1S/C14H10F6N5OS/c15-5-1-2-6(16)7(3-5)26-8-4-27(24-25(22)23-8)14-11(19)9(17)13(21)10(18)12(14)20/h1-4,23-24H,21-22H2/q+1. The van der Waals surface area contributed by atoms with Gasteiger partial charge >= 0.3 is 0 Å². The van der Waals surface area contributed by atoms with Crippen LogP contribution in [0.5, 0.6) is 11.6 Å². The highest BCUT2D eigenvalue weighted by molar-refractivity contribution is 7.33. The van der Waals surface area contributed by atoms with Crippen LogP contribution in [0, 0.1) is 34.9 Å². The average molecular weight is 410 g/mol. The van der Waals surface area contributed by atoms with Crippen LogP contribution >= 0.6 is 10.7 Å². The smallest absolute Gasteiger partial charge is 0.279 e. The van der Waals surface area contributed by atoms with Crippen LogP contribution in [0.3, 0.4) is 0 Å². The van der Waals surface area contributed by atoms with E-state index >= 15 is 0 Å². The van der Waals surface area contributed by atoms with Gasteiger partial charge in [0.2, 0.25) is 17.0 Å². The summed E-state index contributed by atoms with van der Waals surface area (Å²) in [6.07, 6.45) is 0. The highest BCUT2D eigenvalue weighted by Crippen LogP contribution is 2.38. The minimum atomic E-state index is -1.91. The van der Waals surface area contributed by atoms with Crippen LogP contribution < -0.4 is 16.3 Å². The van der Waals surface area contributed by atoms with Crippen LogP contribution in [-0.4, -0.2) is 14.5 Å². The Morgan fingerprint density at radius 2 is 1.59 bits per heavy atom. The molecule has 0 fully saturated rings. The molecule has 27 heavy (non-hydrogen) atoms. The molecule has 144 valence electrons. The van der Waals surface area contributed by atoms with Crippen molar-refractivity contribution in [1.29, 1.82) is 0 Å². The molecule has 1 atom stereocenters. The van der Waals surface area contributed by atoms with E-state index in [1.807, 2.05) is 0 Å². The molecule has 3 aromatic rings. The van der Waals surface area contributed by atoms with Crippen molar-refractivity contribution in [2.75, 3.05) is 11.6 Å². The second-order valence-electron chi connectivity index (χ2n) is 5.07. The van der Waals surface area contributed by atoms with Gasteiger partial charge in [0, 0.05) is 6.07 Å². The van der Waals surface area contributed by atoms with E-state index in [1.54, 1.807) is 0 Å². The maximum absolute atomic E-state index is 14.1. The third-order valence-corrected chi connectivity index (χ3v) is 4.88. The zero-order valence-corrected chi connectivity index (χ0v) is 13.8. The number of aromatic amines is 2. The van der Waals surface area contributed by atoms with Gasteiger partial charge in [-0.2, -0.15) is 8.78 Å². The van der Waals surface area contributed by atoms with Crippen LogP contribution in [0.15, 0.2) is 23.6 Å². The third kappa shape index (κ3) is 3.40. The molecule has 0 aliphatic rings. The first-order valence-corrected chi connectivity index (χ1v) is 8.24. The number of hydrogen-bond acceptors (Lipinski definition) is 3. The van der Waals surface area contributed by atoms with Gasteiger partial charge in [-0.3, -0.25) is 0 Å². The molecule has 3 rings (SSSR count). The number of halogens is 6. The molecule has 6 nitrogen and oxygen atoms in total. The number of nitrogen functional groups attached to an aromatic ring is 2. The first-order chi connectivity index (χ1) is 12.7. The van der Waals surface area contributed by atoms with Crippen molar-refractivity contribution in [2.24, 2.45) is 0 Å². The van der Waals surface area contributed by atoms with Crippen LogP contribution in [0.1, 0.15) is 0 Å². The molecule has 6 N–H and O–H groups in total. The monoisotopic (exact) mass is 410 g/mol. The summed E-state index contributed by atoms with van der Waals surface area (Å²) in [4.78, 5) is -0.502. The number of rotatable bonds is 3. The van der Waals surface area contributed by atoms with Gasteiger partial charge < -0.3 is 16.3 Å². The molecule has 2 aromatic carbocycles. The van der Waals surface area contributed by atoms with Crippen molar-refractivity contribution in [3.05, 3.63) is 58.5 Å². The molecule has 1 unspecified atom stereocenters. The number of H-pyrrole nitrogens is 2. The third-order valence-electron chi connectivity index (χ3n) is 3.24. The van der Waals surface area contributed by atoms with Crippen molar-refractivity contribution in [1.82, 2.24) is 14.5 Å². The van der Waals surface area contributed by atoms with Crippen molar-refractivity contribution >= 4 is 16.4 Å². The average Bonchev–Trinajstić information content (AvgIpc) is 2.61. The SMILES string of the molecule is Nc1c(F)c(F)c(-[s+]2cc(Oc3cc(F)ccc3F)[nH]n(N)[nH]2)c(F)c1F. The van der Waals surface area contributed by atoms with Crippen molar-refractivity contribution < 1.29 is 31.1 Å². The Hall–Kier alpha value is -3.22.